The number of piperidine rings is 1. The van der Waals surface area contributed by atoms with Crippen LogP contribution in [0.25, 0.3) is 0 Å². The molecule has 112 valence electrons. The molecule has 1 heterocycles. The van der Waals surface area contributed by atoms with Crippen molar-refractivity contribution in [3.05, 3.63) is 35.9 Å². The van der Waals surface area contributed by atoms with Gasteiger partial charge in [-0.15, -0.1) is 0 Å². The maximum absolute atomic E-state index is 12.8. The van der Waals surface area contributed by atoms with Crippen molar-refractivity contribution < 1.29 is 13.2 Å². The fraction of sp³-hybridized carbons (Fsp3) is 0.600. The van der Waals surface area contributed by atoms with Gasteiger partial charge < -0.3 is 5.73 Å². The van der Waals surface area contributed by atoms with Gasteiger partial charge in [-0.3, -0.25) is 4.90 Å². The Morgan fingerprint density at radius 1 is 1.15 bits per heavy atom. The van der Waals surface area contributed by atoms with Crippen LogP contribution in [0.2, 0.25) is 0 Å². The summed E-state index contributed by atoms with van der Waals surface area (Å²) in [5.74, 6) is 0.473. The fourth-order valence-electron chi connectivity index (χ4n) is 2.91. The molecule has 2 N–H and O–H groups in total. The van der Waals surface area contributed by atoms with E-state index in [1.54, 1.807) is 0 Å². The molecule has 0 saturated carbocycles. The van der Waals surface area contributed by atoms with E-state index in [4.69, 9.17) is 5.73 Å². The quantitative estimate of drug-likeness (QED) is 0.922. The summed E-state index contributed by atoms with van der Waals surface area (Å²) in [7, 11) is 0. The number of halogens is 3. The molecule has 0 spiro atoms. The van der Waals surface area contributed by atoms with Crippen LogP contribution < -0.4 is 5.73 Å². The summed E-state index contributed by atoms with van der Waals surface area (Å²) in [6.07, 6.45) is -1.65. The Hall–Kier alpha value is -1.07. The minimum absolute atomic E-state index is 0.354. The summed E-state index contributed by atoms with van der Waals surface area (Å²) in [6, 6.07) is 8.63. The van der Waals surface area contributed by atoms with Crippen molar-refractivity contribution in [2.45, 2.75) is 31.5 Å². The molecule has 1 unspecified atom stereocenters. The highest BCUT2D eigenvalue weighted by Gasteiger charge is 2.43. The molecule has 1 atom stereocenters. The molecule has 20 heavy (non-hydrogen) atoms. The molecule has 0 bridgehead atoms. The molecule has 1 fully saturated rings. The number of hydrogen-bond acceptors (Lipinski definition) is 2. The van der Waals surface area contributed by atoms with Crippen molar-refractivity contribution in [2.75, 3.05) is 19.6 Å². The molecule has 2 nitrogen and oxygen atoms in total. The zero-order valence-electron chi connectivity index (χ0n) is 11.4. The molecule has 2 rings (SSSR count). The monoisotopic (exact) mass is 286 g/mol. The number of nitrogens with two attached hydrogens (primary N) is 1. The van der Waals surface area contributed by atoms with E-state index in [2.05, 4.69) is 12.1 Å². The second-order valence-electron chi connectivity index (χ2n) is 5.46. The smallest absolute Gasteiger partial charge is 0.329 e. The topological polar surface area (TPSA) is 29.3 Å². The van der Waals surface area contributed by atoms with Crippen molar-refractivity contribution in [1.29, 1.82) is 0 Å². The van der Waals surface area contributed by atoms with Gasteiger partial charge in [0.15, 0.2) is 0 Å². The number of likely N-dealkylation sites (tertiary alicyclic amines) is 1. The zero-order valence-corrected chi connectivity index (χ0v) is 11.4. The van der Waals surface area contributed by atoms with Crippen LogP contribution in [-0.2, 0) is 6.42 Å². The van der Waals surface area contributed by atoms with Crippen LogP contribution in [0.5, 0.6) is 0 Å². The highest BCUT2D eigenvalue weighted by atomic mass is 19.4. The predicted octanol–water partition coefficient (Wildman–Crippen LogP) is 2.83. The minimum Gasteiger partial charge on any atom is -0.329 e. The predicted molar refractivity (Wildman–Crippen MR) is 73.3 cm³/mol. The van der Waals surface area contributed by atoms with Gasteiger partial charge in [-0.25, -0.2) is 0 Å². The lowest BCUT2D eigenvalue weighted by Crippen LogP contribution is -2.53. The van der Waals surface area contributed by atoms with Crippen LogP contribution in [0.3, 0.4) is 0 Å². The summed E-state index contributed by atoms with van der Waals surface area (Å²) in [4.78, 5) is 1.49. The Morgan fingerprint density at radius 2 is 1.75 bits per heavy atom. The van der Waals surface area contributed by atoms with E-state index in [9.17, 15) is 13.2 Å². The number of alkyl halides is 3. The first-order chi connectivity index (χ1) is 9.50. The van der Waals surface area contributed by atoms with Crippen LogP contribution >= 0.6 is 0 Å². The molecular weight excluding hydrogens is 265 g/mol. The van der Waals surface area contributed by atoms with Crippen LogP contribution in [0.1, 0.15) is 18.4 Å². The fourth-order valence-corrected chi connectivity index (χ4v) is 2.91. The van der Waals surface area contributed by atoms with E-state index >= 15 is 0 Å². The van der Waals surface area contributed by atoms with Crippen LogP contribution in [0, 0.1) is 5.92 Å². The second-order valence-corrected chi connectivity index (χ2v) is 5.46. The first-order valence-electron chi connectivity index (χ1n) is 7.05. The van der Waals surface area contributed by atoms with E-state index in [-0.39, 0.29) is 6.54 Å². The molecule has 1 aromatic carbocycles. The van der Waals surface area contributed by atoms with Crippen molar-refractivity contribution in [2.24, 2.45) is 11.7 Å². The summed E-state index contributed by atoms with van der Waals surface area (Å²) in [5, 5.41) is 0. The average molecular weight is 286 g/mol. The molecule has 1 aromatic rings. The van der Waals surface area contributed by atoms with E-state index in [1.807, 2.05) is 18.2 Å². The van der Waals surface area contributed by atoms with E-state index < -0.39 is 12.2 Å². The van der Waals surface area contributed by atoms with Gasteiger partial charge in [0.25, 0.3) is 0 Å². The van der Waals surface area contributed by atoms with Gasteiger partial charge in [-0.2, -0.15) is 13.2 Å². The molecule has 0 aliphatic carbocycles. The van der Waals surface area contributed by atoms with Gasteiger partial charge >= 0.3 is 6.18 Å². The van der Waals surface area contributed by atoms with E-state index in [0.29, 0.717) is 19.0 Å². The summed E-state index contributed by atoms with van der Waals surface area (Å²) in [5.41, 5.74) is 6.55. The van der Waals surface area contributed by atoms with Crippen molar-refractivity contribution in [3.8, 4) is 0 Å². The molecule has 0 aromatic heterocycles. The normalized spacial score (nSPS) is 20.0. The molecule has 0 amide bonds. The Bertz CT molecular complexity index is 397. The standard InChI is InChI=1S/C15H21F3N2/c16-15(17,18)14(11-19)20-8-6-13(7-9-20)10-12-4-2-1-3-5-12/h1-5,13-14H,6-11,19H2. The first kappa shape index (κ1) is 15.3. The molecule has 5 heteroatoms. The van der Waals surface area contributed by atoms with Crippen LogP contribution in [-0.4, -0.2) is 36.8 Å². The van der Waals surface area contributed by atoms with Gasteiger partial charge in [0, 0.05) is 6.54 Å². The summed E-state index contributed by atoms with van der Waals surface area (Å²) < 4.78 is 38.5. The Balaban J connectivity index is 1.86. The van der Waals surface area contributed by atoms with Gasteiger partial charge in [0.2, 0.25) is 0 Å². The molecular formula is C15H21F3N2. The number of nitrogens with zero attached hydrogens (tertiary/aromatic N) is 1. The average Bonchev–Trinajstić information content (AvgIpc) is 2.41. The number of hydrogen-bond donors (Lipinski definition) is 1. The zero-order chi connectivity index (χ0) is 14.6. The van der Waals surface area contributed by atoms with Crippen molar-refractivity contribution in [3.63, 3.8) is 0 Å². The Kier molecular flexibility index (Phi) is 5.05. The third kappa shape index (κ3) is 3.96. The minimum atomic E-state index is -4.22. The van der Waals surface area contributed by atoms with Gasteiger partial charge in [0.1, 0.15) is 6.04 Å². The van der Waals surface area contributed by atoms with E-state index in [1.165, 1.54) is 10.5 Å². The highest BCUT2D eigenvalue weighted by Crippen LogP contribution is 2.29. The molecule has 0 radical (unpaired) electrons. The van der Waals surface area contributed by atoms with Crippen LogP contribution in [0.15, 0.2) is 30.3 Å². The van der Waals surface area contributed by atoms with Crippen molar-refractivity contribution >= 4 is 0 Å². The largest absolute Gasteiger partial charge is 0.405 e. The second kappa shape index (κ2) is 6.59. The number of rotatable bonds is 4. The van der Waals surface area contributed by atoms with Gasteiger partial charge in [0.05, 0.1) is 0 Å². The third-order valence-electron chi connectivity index (χ3n) is 4.06. The van der Waals surface area contributed by atoms with E-state index in [0.717, 1.165) is 19.3 Å². The number of benzene rings is 1. The maximum atomic E-state index is 12.8. The lowest BCUT2D eigenvalue weighted by atomic mass is 9.89. The summed E-state index contributed by atoms with van der Waals surface area (Å²) >= 11 is 0. The third-order valence-corrected chi connectivity index (χ3v) is 4.06. The first-order valence-corrected chi connectivity index (χ1v) is 7.05. The Morgan fingerprint density at radius 3 is 2.25 bits per heavy atom. The Labute approximate surface area is 117 Å². The van der Waals surface area contributed by atoms with Crippen molar-refractivity contribution in [1.82, 2.24) is 4.90 Å². The molecule has 1 saturated heterocycles. The SMILES string of the molecule is NCC(N1CCC(Cc2ccccc2)CC1)C(F)(F)F. The maximum Gasteiger partial charge on any atom is 0.405 e. The highest BCUT2D eigenvalue weighted by molar-refractivity contribution is 5.15. The van der Waals surface area contributed by atoms with Crippen LogP contribution in [0.4, 0.5) is 13.2 Å². The van der Waals surface area contributed by atoms with Gasteiger partial charge in [-0.05, 0) is 43.8 Å². The lowest BCUT2D eigenvalue weighted by Gasteiger charge is -2.37. The molecule has 1 aliphatic rings. The summed E-state index contributed by atoms with van der Waals surface area (Å²) in [6.45, 7) is 0.616. The van der Waals surface area contributed by atoms with Gasteiger partial charge in [-0.1, -0.05) is 30.3 Å². The lowest BCUT2D eigenvalue weighted by molar-refractivity contribution is -0.184. The molecule has 1 aliphatic heterocycles.